The second kappa shape index (κ2) is 12.1. The number of alkyl carbamates (subject to hydrolysis) is 1. The standard InChI is InChI=1S/C23H39N5O4/c1-23(2,3)32-22(29)27-20(18-6-7-18)17-26-21(24-9-8-19-5-4-14-31-19)25-10-11-28-12-15-30-16-13-28/h4-5,14,18,20H,6-13,15-17H2,1-3H3,(H,27,29)(H2,24,25,26). The number of hydrogen-bond acceptors (Lipinski definition) is 6. The summed E-state index contributed by atoms with van der Waals surface area (Å²) in [5.41, 5.74) is -0.513. The fourth-order valence-electron chi connectivity index (χ4n) is 3.55. The molecule has 1 unspecified atom stereocenters. The van der Waals surface area contributed by atoms with Crippen LogP contribution in [0.25, 0.3) is 0 Å². The van der Waals surface area contributed by atoms with E-state index in [1.165, 1.54) is 0 Å². The van der Waals surface area contributed by atoms with Gasteiger partial charge < -0.3 is 29.8 Å². The lowest BCUT2D eigenvalue weighted by molar-refractivity contribution is 0.0389. The van der Waals surface area contributed by atoms with E-state index in [4.69, 9.17) is 18.9 Å². The lowest BCUT2D eigenvalue weighted by Gasteiger charge is -2.27. The van der Waals surface area contributed by atoms with Crippen molar-refractivity contribution in [1.29, 1.82) is 0 Å². The van der Waals surface area contributed by atoms with Crippen LogP contribution in [-0.2, 0) is 15.9 Å². The largest absolute Gasteiger partial charge is 0.469 e. The second-order valence-electron chi connectivity index (χ2n) is 9.42. The van der Waals surface area contributed by atoms with Gasteiger partial charge in [0.2, 0.25) is 0 Å². The summed E-state index contributed by atoms with van der Waals surface area (Å²) in [5, 5.41) is 9.85. The molecule has 0 bridgehead atoms. The number of rotatable bonds is 10. The van der Waals surface area contributed by atoms with Gasteiger partial charge in [0.05, 0.1) is 32.1 Å². The second-order valence-corrected chi connectivity index (χ2v) is 9.42. The highest BCUT2D eigenvalue weighted by atomic mass is 16.6. The third-order valence-electron chi connectivity index (χ3n) is 5.41. The van der Waals surface area contributed by atoms with Crippen LogP contribution in [0.3, 0.4) is 0 Å². The van der Waals surface area contributed by atoms with Crippen molar-refractivity contribution < 1.29 is 18.7 Å². The van der Waals surface area contributed by atoms with Gasteiger partial charge in [-0.15, -0.1) is 0 Å². The van der Waals surface area contributed by atoms with Crippen molar-refractivity contribution in [3.8, 4) is 0 Å². The molecule has 1 saturated carbocycles. The molecule has 9 heteroatoms. The summed E-state index contributed by atoms with van der Waals surface area (Å²) in [5.74, 6) is 2.15. The molecule has 0 radical (unpaired) electrons. The van der Waals surface area contributed by atoms with E-state index in [2.05, 4.69) is 20.9 Å². The molecule has 1 aromatic heterocycles. The number of ether oxygens (including phenoxy) is 2. The van der Waals surface area contributed by atoms with E-state index < -0.39 is 5.60 Å². The van der Waals surface area contributed by atoms with E-state index in [1.807, 2.05) is 32.9 Å². The van der Waals surface area contributed by atoms with Gasteiger partial charge in [-0.25, -0.2) is 4.79 Å². The lowest BCUT2D eigenvalue weighted by Crippen LogP contribution is -2.46. The van der Waals surface area contributed by atoms with Crippen molar-refractivity contribution in [3.63, 3.8) is 0 Å². The predicted octanol–water partition coefficient (Wildman–Crippen LogP) is 1.99. The Morgan fingerprint density at radius 1 is 1.25 bits per heavy atom. The molecule has 0 aromatic carbocycles. The highest BCUT2D eigenvalue weighted by Crippen LogP contribution is 2.33. The SMILES string of the molecule is CC(C)(C)OC(=O)NC(CN=C(NCCc1ccco1)NCCN1CCOCC1)C1CC1. The van der Waals surface area contributed by atoms with Gasteiger partial charge in [-0.05, 0) is 51.7 Å². The minimum absolute atomic E-state index is 0.0206. The summed E-state index contributed by atoms with van der Waals surface area (Å²) in [6, 6.07) is 3.85. The average molecular weight is 450 g/mol. The Labute approximate surface area is 191 Å². The molecule has 1 saturated heterocycles. The molecule has 3 N–H and O–H groups in total. The summed E-state index contributed by atoms with van der Waals surface area (Å²) in [6.07, 6.45) is 4.31. The van der Waals surface area contributed by atoms with Gasteiger partial charge in [0.1, 0.15) is 11.4 Å². The maximum atomic E-state index is 12.3. The topological polar surface area (TPSA) is 100 Å². The molecule has 9 nitrogen and oxygen atoms in total. The van der Waals surface area contributed by atoms with Crippen LogP contribution in [0.5, 0.6) is 0 Å². The molecule has 1 aromatic rings. The Kier molecular flexibility index (Phi) is 9.23. The van der Waals surface area contributed by atoms with E-state index in [0.29, 0.717) is 19.0 Å². The van der Waals surface area contributed by atoms with Crippen molar-refractivity contribution in [2.45, 2.75) is 51.7 Å². The summed E-state index contributed by atoms with van der Waals surface area (Å²) in [4.78, 5) is 19.4. The molecule has 2 heterocycles. The number of hydrogen-bond donors (Lipinski definition) is 3. The van der Waals surface area contributed by atoms with Crippen LogP contribution in [0.1, 0.15) is 39.4 Å². The summed E-state index contributed by atoms with van der Waals surface area (Å²) >= 11 is 0. The first-order valence-electron chi connectivity index (χ1n) is 11.7. The molecular weight excluding hydrogens is 410 g/mol. The maximum Gasteiger partial charge on any atom is 0.407 e. The zero-order valence-corrected chi connectivity index (χ0v) is 19.7. The third-order valence-corrected chi connectivity index (χ3v) is 5.41. The van der Waals surface area contributed by atoms with Gasteiger partial charge in [-0.2, -0.15) is 0 Å². The summed E-state index contributed by atoms with van der Waals surface area (Å²) < 4.78 is 16.3. The Morgan fingerprint density at radius 2 is 2.00 bits per heavy atom. The van der Waals surface area contributed by atoms with Crippen LogP contribution in [0.2, 0.25) is 0 Å². The van der Waals surface area contributed by atoms with E-state index in [9.17, 15) is 4.79 Å². The molecule has 180 valence electrons. The number of nitrogens with one attached hydrogen (secondary N) is 3. The normalized spacial score (nSPS) is 18.8. The molecule has 0 spiro atoms. The Balaban J connectivity index is 1.51. The van der Waals surface area contributed by atoms with Gasteiger partial charge in [0.15, 0.2) is 5.96 Å². The van der Waals surface area contributed by atoms with Crippen LogP contribution in [0, 0.1) is 5.92 Å². The molecule has 1 atom stereocenters. The van der Waals surface area contributed by atoms with E-state index in [1.54, 1.807) is 6.26 Å². The van der Waals surface area contributed by atoms with E-state index in [0.717, 1.165) is 70.4 Å². The lowest BCUT2D eigenvalue weighted by atomic mass is 10.2. The van der Waals surface area contributed by atoms with Crippen LogP contribution >= 0.6 is 0 Å². The van der Waals surface area contributed by atoms with Crippen LogP contribution < -0.4 is 16.0 Å². The van der Waals surface area contributed by atoms with E-state index in [-0.39, 0.29) is 12.1 Å². The van der Waals surface area contributed by atoms with Gasteiger partial charge >= 0.3 is 6.09 Å². The number of nitrogens with zero attached hydrogens (tertiary/aromatic N) is 2. The van der Waals surface area contributed by atoms with Crippen LogP contribution in [-0.4, -0.2) is 81.1 Å². The number of guanidine groups is 1. The molecule has 1 aliphatic carbocycles. The molecule has 1 amide bonds. The molecule has 1 aliphatic heterocycles. The minimum Gasteiger partial charge on any atom is -0.469 e. The average Bonchev–Trinajstić information content (AvgIpc) is 3.46. The summed E-state index contributed by atoms with van der Waals surface area (Å²) in [6.45, 7) is 12.1. The van der Waals surface area contributed by atoms with Gasteiger partial charge in [0, 0.05) is 39.1 Å². The fourth-order valence-corrected chi connectivity index (χ4v) is 3.55. The predicted molar refractivity (Wildman–Crippen MR) is 124 cm³/mol. The quantitative estimate of drug-likeness (QED) is 0.371. The Morgan fingerprint density at radius 3 is 2.66 bits per heavy atom. The van der Waals surface area contributed by atoms with Crippen molar-refractivity contribution in [3.05, 3.63) is 24.2 Å². The van der Waals surface area contributed by atoms with Gasteiger partial charge in [-0.1, -0.05) is 0 Å². The maximum absolute atomic E-state index is 12.3. The monoisotopic (exact) mass is 449 g/mol. The van der Waals surface area contributed by atoms with Crippen molar-refractivity contribution in [2.24, 2.45) is 10.9 Å². The number of aliphatic imine (C=N–C) groups is 1. The Hall–Kier alpha value is -2.26. The minimum atomic E-state index is -0.513. The number of amides is 1. The highest BCUT2D eigenvalue weighted by Gasteiger charge is 2.33. The highest BCUT2D eigenvalue weighted by molar-refractivity contribution is 5.79. The number of carbonyl (C=O) groups is 1. The molecule has 2 fully saturated rings. The van der Waals surface area contributed by atoms with E-state index >= 15 is 0 Å². The number of carbonyl (C=O) groups excluding carboxylic acids is 1. The van der Waals surface area contributed by atoms with Crippen LogP contribution in [0.15, 0.2) is 27.8 Å². The first-order chi connectivity index (χ1) is 15.4. The molecule has 32 heavy (non-hydrogen) atoms. The summed E-state index contributed by atoms with van der Waals surface area (Å²) in [7, 11) is 0. The fraction of sp³-hybridized carbons (Fsp3) is 0.739. The Bertz CT molecular complexity index is 706. The first-order valence-corrected chi connectivity index (χ1v) is 11.7. The zero-order chi connectivity index (χ0) is 22.8. The molecule has 2 aliphatic rings. The zero-order valence-electron chi connectivity index (χ0n) is 19.7. The van der Waals surface area contributed by atoms with Gasteiger partial charge in [0.25, 0.3) is 0 Å². The first kappa shape index (κ1) is 24.4. The number of morpholine rings is 1. The third kappa shape index (κ3) is 9.48. The van der Waals surface area contributed by atoms with Crippen molar-refractivity contribution in [2.75, 3.05) is 52.5 Å². The molecular formula is C23H39N5O4. The van der Waals surface area contributed by atoms with Crippen LogP contribution in [0.4, 0.5) is 4.79 Å². The van der Waals surface area contributed by atoms with Gasteiger partial charge in [-0.3, -0.25) is 9.89 Å². The van der Waals surface area contributed by atoms with Crippen molar-refractivity contribution in [1.82, 2.24) is 20.9 Å². The number of furan rings is 1. The van der Waals surface area contributed by atoms with Crippen molar-refractivity contribution >= 4 is 12.1 Å². The molecule has 3 rings (SSSR count). The smallest absolute Gasteiger partial charge is 0.407 e.